The molecule has 0 radical (unpaired) electrons. The lowest BCUT2D eigenvalue weighted by Crippen LogP contribution is -2.57. The molecule has 0 aromatic heterocycles. The number of allylic oxidation sites excluding steroid dienone is 1. The topological polar surface area (TPSA) is 34.1 Å². The lowest BCUT2D eigenvalue weighted by atomic mass is 9.41. The lowest BCUT2D eigenvalue weighted by Gasteiger charge is -2.63. The maximum absolute atomic E-state index is 12.9. The summed E-state index contributed by atoms with van der Waals surface area (Å²) in [7, 11) is 0. The Labute approximate surface area is 171 Å². The molecule has 0 aliphatic heterocycles. The van der Waals surface area contributed by atoms with Crippen LogP contribution in [-0.4, -0.2) is 11.6 Å². The number of hydrogen-bond donors (Lipinski definition) is 0. The lowest BCUT2D eigenvalue weighted by molar-refractivity contribution is -0.159. The van der Waals surface area contributed by atoms with Crippen LogP contribution in [0.3, 0.4) is 0 Å². The minimum Gasteiger partial charge on any atom is -0.300 e. The Balaban J connectivity index is 1.70. The van der Waals surface area contributed by atoms with E-state index in [1.165, 1.54) is 37.7 Å². The van der Waals surface area contributed by atoms with Crippen LogP contribution in [0.1, 0.15) is 86.0 Å². The standard InChI is InChI=1S/C26H40O2/c1-15(2)21-7-8-22-24-20(17(4)28)14-19-13-18(16(3)27)9-11-25(19,5)23(24)10-12-26(21,22)6/h18-24H,1,7-14H2,2-6H3/t18?,19?,20?,21-,22+,23+,24+,25+,26-/m1/s1. The molecule has 0 bridgehead atoms. The third-order valence-electron chi connectivity index (χ3n) is 10.4. The highest BCUT2D eigenvalue weighted by atomic mass is 16.1. The third-order valence-corrected chi connectivity index (χ3v) is 10.4. The van der Waals surface area contributed by atoms with Crippen LogP contribution in [0.15, 0.2) is 12.2 Å². The predicted octanol–water partition coefficient (Wildman–Crippen LogP) is 6.24. The molecule has 2 heteroatoms. The summed E-state index contributed by atoms with van der Waals surface area (Å²) in [5.74, 6) is 4.27. The van der Waals surface area contributed by atoms with E-state index >= 15 is 0 Å². The molecule has 4 aliphatic carbocycles. The fourth-order valence-corrected chi connectivity index (χ4v) is 8.88. The molecule has 4 aliphatic rings. The molecular weight excluding hydrogens is 344 g/mol. The van der Waals surface area contributed by atoms with Crippen molar-refractivity contribution in [2.45, 2.75) is 86.0 Å². The van der Waals surface area contributed by atoms with Crippen LogP contribution in [0.4, 0.5) is 0 Å². The van der Waals surface area contributed by atoms with Gasteiger partial charge in [-0.25, -0.2) is 0 Å². The molecule has 156 valence electrons. The van der Waals surface area contributed by atoms with Gasteiger partial charge in [0.05, 0.1) is 0 Å². The molecule has 0 aromatic rings. The summed E-state index contributed by atoms with van der Waals surface area (Å²) >= 11 is 0. The van der Waals surface area contributed by atoms with Crippen LogP contribution in [0, 0.1) is 52.3 Å². The number of hydrogen-bond acceptors (Lipinski definition) is 2. The van der Waals surface area contributed by atoms with Crippen molar-refractivity contribution in [2.24, 2.45) is 52.3 Å². The molecule has 0 aromatic carbocycles. The van der Waals surface area contributed by atoms with Gasteiger partial charge < -0.3 is 0 Å². The van der Waals surface area contributed by atoms with Crippen LogP contribution in [0.25, 0.3) is 0 Å². The number of rotatable bonds is 3. The average Bonchev–Trinajstić information content (AvgIpc) is 2.97. The molecule has 3 unspecified atom stereocenters. The Kier molecular flexibility index (Phi) is 4.95. The smallest absolute Gasteiger partial charge is 0.133 e. The molecule has 0 amide bonds. The quantitative estimate of drug-likeness (QED) is 0.540. The summed E-state index contributed by atoms with van der Waals surface area (Å²) in [6, 6.07) is 0. The van der Waals surface area contributed by atoms with E-state index in [2.05, 4.69) is 27.4 Å². The first-order valence-corrected chi connectivity index (χ1v) is 11.8. The molecule has 0 heterocycles. The fraction of sp³-hybridized carbons (Fsp3) is 0.846. The van der Waals surface area contributed by atoms with Gasteiger partial charge in [-0.2, -0.15) is 0 Å². The van der Waals surface area contributed by atoms with E-state index in [9.17, 15) is 9.59 Å². The van der Waals surface area contributed by atoms with Crippen LogP contribution < -0.4 is 0 Å². The molecule has 9 atom stereocenters. The van der Waals surface area contributed by atoms with Crippen molar-refractivity contribution < 1.29 is 9.59 Å². The van der Waals surface area contributed by atoms with Gasteiger partial charge in [0, 0.05) is 11.8 Å². The van der Waals surface area contributed by atoms with Gasteiger partial charge in [-0.1, -0.05) is 26.0 Å². The van der Waals surface area contributed by atoms with Gasteiger partial charge in [-0.3, -0.25) is 9.59 Å². The summed E-state index contributed by atoms with van der Waals surface area (Å²) in [6.45, 7) is 15.2. The predicted molar refractivity (Wildman–Crippen MR) is 114 cm³/mol. The highest BCUT2D eigenvalue weighted by Gasteiger charge is 2.63. The molecule has 2 nitrogen and oxygen atoms in total. The van der Waals surface area contributed by atoms with Crippen molar-refractivity contribution >= 4 is 11.6 Å². The minimum atomic E-state index is 0.210. The molecule has 4 rings (SSSR count). The maximum atomic E-state index is 12.9. The van der Waals surface area contributed by atoms with Gasteiger partial charge in [-0.05, 0) is 113 Å². The number of carbonyl (C=O) groups is 2. The van der Waals surface area contributed by atoms with Crippen molar-refractivity contribution in [3.63, 3.8) is 0 Å². The number of fused-ring (bicyclic) bond motifs is 5. The molecule has 0 N–H and O–H groups in total. The Morgan fingerprint density at radius 3 is 2.07 bits per heavy atom. The monoisotopic (exact) mass is 384 g/mol. The first-order valence-electron chi connectivity index (χ1n) is 11.8. The molecule has 4 saturated carbocycles. The van der Waals surface area contributed by atoms with Crippen molar-refractivity contribution in [3.8, 4) is 0 Å². The molecular formula is C26H40O2. The first-order chi connectivity index (χ1) is 13.1. The van der Waals surface area contributed by atoms with Crippen LogP contribution >= 0.6 is 0 Å². The van der Waals surface area contributed by atoms with Gasteiger partial charge in [-0.15, -0.1) is 0 Å². The summed E-state index contributed by atoms with van der Waals surface area (Å²) in [4.78, 5) is 25.0. The van der Waals surface area contributed by atoms with Gasteiger partial charge in [0.2, 0.25) is 0 Å². The second-order valence-electron chi connectivity index (χ2n) is 11.5. The Morgan fingerprint density at radius 1 is 0.821 bits per heavy atom. The van der Waals surface area contributed by atoms with Gasteiger partial charge >= 0.3 is 0 Å². The van der Waals surface area contributed by atoms with Crippen molar-refractivity contribution in [1.82, 2.24) is 0 Å². The third kappa shape index (κ3) is 2.80. The van der Waals surface area contributed by atoms with Crippen molar-refractivity contribution in [1.29, 1.82) is 0 Å². The van der Waals surface area contributed by atoms with E-state index < -0.39 is 0 Å². The highest BCUT2D eigenvalue weighted by molar-refractivity contribution is 5.79. The van der Waals surface area contributed by atoms with E-state index in [-0.39, 0.29) is 11.8 Å². The SMILES string of the molecule is C=C(C)[C@H]1CC[C@H]2[C@@H]3C(C(C)=O)CC4CC(C(C)=O)CC[C@]4(C)[C@H]3CC[C@]12C. The largest absolute Gasteiger partial charge is 0.300 e. The van der Waals surface area contributed by atoms with Crippen LogP contribution in [0.2, 0.25) is 0 Å². The van der Waals surface area contributed by atoms with E-state index in [1.54, 1.807) is 6.92 Å². The van der Waals surface area contributed by atoms with Gasteiger partial charge in [0.15, 0.2) is 0 Å². The summed E-state index contributed by atoms with van der Waals surface area (Å²) in [5.41, 5.74) is 2.01. The summed E-state index contributed by atoms with van der Waals surface area (Å²) < 4.78 is 0. The van der Waals surface area contributed by atoms with E-state index in [1.807, 2.05) is 6.92 Å². The molecule has 28 heavy (non-hydrogen) atoms. The minimum absolute atomic E-state index is 0.210. The van der Waals surface area contributed by atoms with Crippen molar-refractivity contribution in [3.05, 3.63) is 12.2 Å². The first kappa shape index (κ1) is 20.4. The Hall–Kier alpha value is -0.920. The zero-order chi connectivity index (χ0) is 20.4. The second kappa shape index (κ2) is 6.81. The Morgan fingerprint density at radius 2 is 1.46 bits per heavy atom. The van der Waals surface area contributed by atoms with Gasteiger partial charge in [0.1, 0.15) is 11.6 Å². The van der Waals surface area contributed by atoms with Crippen LogP contribution in [-0.2, 0) is 9.59 Å². The fourth-order valence-electron chi connectivity index (χ4n) is 8.88. The van der Waals surface area contributed by atoms with Crippen LogP contribution in [0.5, 0.6) is 0 Å². The summed E-state index contributed by atoms with van der Waals surface area (Å²) in [6.07, 6.45) is 9.39. The van der Waals surface area contributed by atoms with E-state index in [0.29, 0.717) is 52.0 Å². The normalized spacial score (nSPS) is 50.2. The van der Waals surface area contributed by atoms with Gasteiger partial charge in [0.25, 0.3) is 0 Å². The molecule has 0 spiro atoms. The molecule has 0 saturated heterocycles. The second-order valence-corrected chi connectivity index (χ2v) is 11.5. The average molecular weight is 385 g/mol. The molecule has 4 fully saturated rings. The number of ketones is 2. The number of carbonyl (C=O) groups excluding carboxylic acids is 2. The van der Waals surface area contributed by atoms with E-state index in [0.717, 1.165) is 19.3 Å². The Bertz CT molecular complexity index is 693. The number of Topliss-reactive ketones (excluding diaryl/α,β-unsaturated/α-hetero) is 2. The zero-order valence-corrected chi connectivity index (χ0v) is 18.7. The summed E-state index contributed by atoms with van der Waals surface area (Å²) in [5, 5.41) is 0. The van der Waals surface area contributed by atoms with Crippen molar-refractivity contribution in [2.75, 3.05) is 0 Å². The van der Waals surface area contributed by atoms with E-state index in [4.69, 9.17) is 0 Å². The zero-order valence-electron chi connectivity index (χ0n) is 18.7. The maximum Gasteiger partial charge on any atom is 0.133 e. The highest BCUT2D eigenvalue weighted by Crippen LogP contribution is 2.69.